The Hall–Kier alpha value is -2.05. The van der Waals surface area contributed by atoms with Crippen molar-refractivity contribution in [3.8, 4) is 0 Å². The highest BCUT2D eigenvalue weighted by Gasteiger charge is 2.15. The van der Waals surface area contributed by atoms with Gasteiger partial charge in [0.2, 0.25) is 0 Å². The van der Waals surface area contributed by atoms with Crippen LogP contribution in [0.4, 0.5) is 9.18 Å². The first kappa shape index (κ1) is 19.3. The Labute approximate surface area is 152 Å². The lowest BCUT2D eigenvalue weighted by Crippen LogP contribution is -2.41. The van der Waals surface area contributed by atoms with Gasteiger partial charge in [-0.2, -0.15) is 0 Å². The first-order chi connectivity index (χ1) is 12.1. The summed E-state index contributed by atoms with van der Waals surface area (Å²) in [4.78, 5) is 15.1. The van der Waals surface area contributed by atoms with Crippen LogP contribution in [0.1, 0.15) is 11.6 Å². The molecule has 0 aliphatic heterocycles. The van der Waals surface area contributed by atoms with Crippen molar-refractivity contribution in [1.82, 2.24) is 15.5 Å². The molecule has 0 aromatic heterocycles. The van der Waals surface area contributed by atoms with Crippen LogP contribution in [0.15, 0.2) is 59.5 Å². The van der Waals surface area contributed by atoms with E-state index < -0.39 is 0 Å². The van der Waals surface area contributed by atoms with Crippen LogP contribution in [0, 0.1) is 5.82 Å². The molecule has 4 nitrogen and oxygen atoms in total. The average Bonchev–Trinajstić information content (AvgIpc) is 2.59. The number of carbonyl (C=O) groups is 1. The highest BCUT2D eigenvalue weighted by Crippen LogP contribution is 2.18. The number of hydrogen-bond donors (Lipinski definition) is 2. The maximum atomic E-state index is 13.4. The lowest BCUT2D eigenvalue weighted by molar-refractivity contribution is 0.233. The Balaban J connectivity index is 1.73. The molecule has 0 fully saturated rings. The van der Waals surface area contributed by atoms with E-state index in [1.807, 2.05) is 55.4 Å². The molecule has 2 N–H and O–H groups in total. The number of likely N-dealkylation sites (N-methyl/N-ethyl adjacent to an activating group) is 1. The Morgan fingerprint density at radius 3 is 2.56 bits per heavy atom. The van der Waals surface area contributed by atoms with Gasteiger partial charge in [0.05, 0.1) is 6.04 Å². The molecular weight excluding hydrogens is 337 g/mol. The summed E-state index contributed by atoms with van der Waals surface area (Å²) in [6, 6.07) is 16.2. The van der Waals surface area contributed by atoms with Crippen LogP contribution >= 0.6 is 11.8 Å². The van der Waals surface area contributed by atoms with E-state index in [1.165, 1.54) is 17.0 Å². The van der Waals surface area contributed by atoms with Crippen LogP contribution in [-0.2, 0) is 0 Å². The minimum Gasteiger partial charge on any atom is -0.337 e. The van der Waals surface area contributed by atoms with E-state index in [0.717, 1.165) is 11.3 Å². The summed E-state index contributed by atoms with van der Waals surface area (Å²) in [7, 11) is 3.82. The van der Waals surface area contributed by atoms with Gasteiger partial charge in [0.1, 0.15) is 5.82 Å². The van der Waals surface area contributed by atoms with Crippen LogP contribution in [0.5, 0.6) is 0 Å². The second kappa shape index (κ2) is 10.1. The molecule has 1 atom stereocenters. The van der Waals surface area contributed by atoms with Gasteiger partial charge in [-0.15, -0.1) is 11.8 Å². The number of benzene rings is 2. The second-order valence-electron chi connectivity index (χ2n) is 5.83. The van der Waals surface area contributed by atoms with Crippen molar-refractivity contribution in [2.45, 2.75) is 10.9 Å². The lowest BCUT2D eigenvalue weighted by Gasteiger charge is -2.25. The Morgan fingerprint density at radius 2 is 1.88 bits per heavy atom. The topological polar surface area (TPSA) is 44.4 Å². The van der Waals surface area contributed by atoms with E-state index in [4.69, 9.17) is 0 Å². The molecule has 2 amide bonds. The third-order valence-electron chi connectivity index (χ3n) is 3.71. The average molecular weight is 361 g/mol. The van der Waals surface area contributed by atoms with E-state index in [0.29, 0.717) is 13.1 Å². The second-order valence-corrected chi connectivity index (χ2v) is 7.00. The van der Waals surface area contributed by atoms with Gasteiger partial charge in [-0.05, 0) is 43.9 Å². The molecule has 0 saturated heterocycles. The Morgan fingerprint density at radius 1 is 1.12 bits per heavy atom. The molecule has 0 heterocycles. The first-order valence-electron chi connectivity index (χ1n) is 8.17. The standard InChI is InChI=1S/C19H24FN3OS/c1-23(2)18(15-7-6-8-16(20)13-15)14-22-19(24)21-11-12-25-17-9-4-3-5-10-17/h3-10,13,18H,11-12,14H2,1-2H3,(H2,21,22,24). The van der Waals surface area contributed by atoms with Gasteiger partial charge in [0.25, 0.3) is 0 Å². The van der Waals surface area contributed by atoms with Gasteiger partial charge in [-0.1, -0.05) is 30.3 Å². The summed E-state index contributed by atoms with van der Waals surface area (Å²) >= 11 is 1.70. The summed E-state index contributed by atoms with van der Waals surface area (Å²) in [6.45, 7) is 0.992. The van der Waals surface area contributed by atoms with Crippen molar-refractivity contribution >= 4 is 17.8 Å². The highest BCUT2D eigenvalue weighted by molar-refractivity contribution is 7.99. The molecule has 2 aromatic carbocycles. The Kier molecular flexibility index (Phi) is 7.76. The minimum atomic E-state index is -0.272. The van der Waals surface area contributed by atoms with Gasteiger partial charge < -0.3 is 15.5 Å². The smallest absolute Gasteiger partial charge is 0.314 e. The van der Waals surface area contributed by atoms with Gasteiger partial charge in [0.15, 0.2) is 0 Å². The number of urea groups is 1. The van der Waals surface area contributed by atoms with Gasteiger partial charge >= 0.3 is 6.03 Å². The van der Waals surface area contributed by atoms with Crippen LogP contribution in [0.25, 0.3) is 0 Å². The quantitative estimate of drug-likeness (QED) is 0.559. The molecule has 0 spiro atoms. The molecule has 2 aromatic rings. The number of hydrogen-bond acceptors (Lipinski definition) is 3. The molecule has 0 saturated carbocycles. The maximum Gasteiger partial charge on any atom is 0.314 e. The molecular formula is C19H24FN3OS. The highest BCUT2D eigenvalue weighted by atomic mass is 32.2. The molecule has 134 valence electrons. The molecule has 0 aliphatic rings. The third kappa shape index (κ3) is 6.76. The van der Waals surface area contributed by atoms with Gasteiger partial charge in [0, 0.05) is 23.7 Å². The summed E-state index contributed by atoms with van der Waals surface area (Å²) in [6.07, 6.45) is 0. The van der Waals surface area contributed by atoms with E-state index >= 15 is 0 Å². The first-order valence-corrected chi connectivity index (χ1v) is 9.16. The summed E-state index contributed by atoms with van der Waals surface area (Å²) in [5.41, 5.74) is 0.838. The number of thioether (sulfide) groups is 1. The van der Waals surface area contributed by atoms with Crippen molar-refractivity contribution in [3.63, 3.8) is 0 Å². The molecule has 0 bridgehead atoms. The fourth-order valence-corrected chi connectivity index (χ4v) is 3.20. The predicted molar refractivity (Wildman–Crippen MR) is 101 cm³/mol. The minimum absolute atomic E-state index is 0.0832. The monoisotopic (exact) mass is 361 g/mol. The normalized spacial score (nSPS) is 12.0. The van der Waals surface area contributed by atoms with E-state index in [1.54, 1.807) is 17.8 Å². The van der Waals surface area contributed by atoms with Crippen LogP contribution in [-0.4, -0.2) is 43.9 Å². The molecule has 25 heavy (non-hydrogen) atoms. The summed E-state index contributed by atoms with van der Waals surface area (Å²) in [5.74, 6) is 0.532. The number of nitrogens with one attached hydrogen (secondary N) is 2. The molecule has 0 aliphatic carbocycles. The fourth-order valence-electron chi connectivity index (χ4n) is 2.41. The molecule has 2 rings (SSSR count). The van der Waals surface area contributed by atoms with Crippen LogP contribution in [0.3, 0.4) is 0 Å². The van der Waals surface area contributed by atoms with E-state index in [2.05, 4.69) is 10.6 Å². The molecule has 6 heteroatoms. The van der Waals surface area contributed by atoms with Crippen molar-refractivity contribution in [2.75, 3.05) is 32.9 Å². The van der Waals surface area contributed by atoms with Gasteiger partial charge in [-0.3, -0.25) is 0 Å². The third-order valence-corrected chi connectivity index (χ3v) is 4.73. The van der Waals surface area contributed by atoms with Crippen molar-refractivity contribution in [3.05, 3.63) is 66.0 Å². The molecule has 1 unspecified atom stereocenters. The zero-order chi connectivity index (χ0) is 18.1. The summed E-state index contributed by atoms with van der Waals surface area (Å²) in [5, 5.41) is 5.70. The van der Waals surface area contributed by atoms with Crippen molar-refractivity contribution in [2.24, 2.45) is 0 Å². The van der Waals surface area contributed by atoms with Crippen LogP contribution < -0.4 is 10.6 Å². The van der Waals surface area contributed by atoms with Crippen molar-refractivity contribution < 1.29 is 9.18 Å². The Bertz CT molecular complexity index is 667. The zero-order valence-corrected chi connectivity index (χ0v) is 15.4. The number of nitrogens with zero attached hydrogens (tertiary/aromatic N) is 1. The zero-order valence-electron chi connectivity index (χ0n) is 14.5. The predicted octanol–water partition coefficient (Wildman–Crippen LogP) is 3.52. The number of amides is 2. The van der Waals surface area contributed by atoms with E-state index in [9.17, 15) is 9.18 Å². The van der Waals surface area contributed by atoms with Crippen molar-refractivity contribution in [1.29, 1.82) is 0 Å². The largest absolute Gasteiger partial charge is 0.337 e. The number of halogens is 1. The van der Waals surface area contributed by atoms with E-state index in [-0.39, 0.29) is 17.9 Å². The van der Waals surface area contributed by atoms with Crippen LogP contribution in [0.2, 0.25) is 0 Å². The number of rotatable bonds is 8. The fraction of sp³-hybridized carbons (Fsp3) is 0.316. The molecule has 0 radical (unpaired) electrons. The van der Waals surface area contributed by atoms with Gasteiger partial charge in [-0.25, -0.2) is 9.18 Å². The lowest BCUT2D eigenvalue weighted by atomic mass is 10.1. The maximum absolute atomic E-state index is 13.4. The number of carbonyl (C=O) groups excluding carboxylic acids is 1. The summed E-state index contributed by atoms with van der Waals surface area (Å²) < 4.78 is 13.4. The SMILES string of the molecule is CN(C)C(CNC(=O)NCCSc1ccccc1)c1cccc(F)c1.